The fourth-order valence-corrected chi connectivity index (χ4v) is 1.43. The number of carbonyl (C=O) groups excluding carboxylic acids is 2. The second-order valence-electron chi connectivity index (χ2n) is 3.03. The summed E-state index contributed by atoms with van der Waals surface area (Å²) in [4.78, 5) is 21.6. The van der Waals surface area contributed by atoms with Crippen LogP contribution in [0.1, 0.15) is 26.3 Å². The molecular weight excluding hydrogens is 261 g/mol. The van der Waals surface area contributed by atoms with Crippen LogP contribution in [0.25, 0.3) is 0 Å². The molecular formula is C10H6ClF3O3. The quantitative estimate of drug-likeness (QED) is 0.624. The van der Waals surface area contributed by atoms with Crippen molar-refractivity contribution in [1.29, 1.82) is 0 Å². The average Bonchev–Trinajstić information content (AvgIpc) is 2.25. The normalized spacial score (nSPS) is 11.1. The number of aldehydes is 1. The number of benzene rings is 1. The fraction of sp³-hybridized carbons (Fsp3) is 0.200. The minimum atomic E-state index is -4.77. The molecule has 0 atom stereocenters. The van der Waals surface area contributed by atoms with E-state index in [2.05, 4.69) is 4.74 Å². The SMILES string of the molecule is COc1cc(C(=O)Cl)c(C=O)c(C(F)(F)F)c1. The third-order valence-electron chi connectivity index (χ3n) is 2.02. The number of hydrogen-bond donors (Lipinski definition) is 0. The van der Waals surface area contributed by atoms with Crippen LogP contribution in [0.3, 0.4) is 0 Å². The van der Waals surface area contributed by atoms with Crippen LogP contribution in [-0.4, -0.2) is 18.6 Å². The van der Waals surface area contributed by atoms with Crippen molar-refractivity contribution in [1.82, 2.24) is 0 Å². The van der Waals surface area contributed by atoms with Gasteiger partial charge in [-0.05, 0) is 23.7 Å². The molecule has 0 amide bonds. The topological polar surface area (TPSA) is 43.4 Å². The lowest BCUT2D eigenvalue weighted by Crippen LogP contribution is -2.12. The summed E-state index contributed by atoms with van der Waals surface area (Å²) in [5.74, 6) is -0.202. The number of halogens is 4. The van der Waals surface area contributed by atoms with E-state index in [-0.39, 0.29) is 12.0 Å². The zero-order valence-corrected chi connectivity index (χ0v) is 9.22. The molecule has 1 aromatic rings. The van der Waals surface area contributed by atoms with Crippen molar-refractivity contribution >= 4 is 23.1 Å². The van der Waals surface area contributed by atoms with Gasteiger partial charge in [0.05, 0.1) is 12.7 Å². The number of carbonyl (C=O) groups is 2. The first-order valence-corrected chi connectivity index (χ1v) is 4.63. The molecule has 0 saturated carbocycles. The van der Waals surface area contributed by atoms with Gasteiger partial charge in [-0.1, -0.05) is 0 Å². The van der Waals surface area contributed by atoms with E-state index in [4.69, 9.17) is 11.6 Å². The highest BCUT2D eigenvalue weighted by molar-refractivity contribution is 6.68. The molecule has 1 aromatic carbocycles. The number of methoxy groups -OCH3 is 1. The summed E-state index contributed by atoms with van der Waals surface area (Å²) in [6.07, 6.45) is -4.83. The van der Waals surface area contributed by atoms with Crippen LogP contribution in [0.2, 0.25) is 0 Å². The van der Waals surface area contributed by atoms with Crippen molar-refractivity contribution in [3.63, 3.8) is 0 Å². The first-order chi connectivity index (χ1) is 7.81. The molecule has 0 spiro atoms. The first kappa shape index (κ1) is 13.5. The van der Waals surface area contributed by atoms with E-state index in [1.807, 2.05) is 0 Å². The highest BCUT2D eigenvalue weighted by Gasteiger charge is 2.36. The summed E-state index contributed by atoms with van der Waals surface area (Å²) in [6, 6.07) is 1.61. The number of rotatable bonds is 3. The van der Waals surface area contributed by atoms with E-state index in [0.717, 1.165) is 13.2 Å². The molecule has 0 radical (unpaired) electrons. The predicted octanol–water partition coefficient (Wildman–Crippen LogP) is 2.91. The van der Waals surface area contributed by atoms with E-state index in [9.17, 15) is 22.8 Å². The van der Waals surface area contributed by atoms with Crippen molar-refractivity contribution in [3.05, 3.63) is 28.8 Å². The van der Waals surface area contributed by atoms with Crippen LogP contribution >= 0.6 is 11.6 Å². The van der Waals surface area contributed by atoms with Gasteiger partial charge in [0.15, 0.2) is 6.29 Å². The van der Waals surface area contributed by atoms with Crippen molar-refractivity contribution in [2.24, 2.45) is 0 Å². The van der Waals surface area contributed by atoms with Crippen molar-refractivity contribution < 1.29 is 27.5 Å². The lowest BCUT2D eigenvalue weighted by Gasteiger charge is -2.13. The van der Waals surface area contributed by atoms with Gasteiger partial charge in [0.2, 0.25) is 0 Å². The van der Waals surface area contributed by atoms with Crippen LogP contribution < -0.4 is 4.74 Å². The average molecular weight is 267 g/mol. The van der Waals surface area contributed by atoms with Crippen molar-refractivity contribution in [2.75, 3.05) is 7.11 Å². The Kier molecular flexibility index (Phi) is 3.77. The fourth-order valence-electron chi connectivity index (χ4n) is 1.27. The molecule has 7 heteroatoms. The lowest BCUT2D eigenvalue weighted by atomic mass is 10.0. The summed E-state index contributed by atoms with van der Waals surface area (Å²) >= 11 is 5.12. The summed E-state index contributed by atoms with van der Waals surface area (Å²) in [5, 5.41) is -1.16. The zero-order valence-electron chi connectivity index (χ0n) is 8.47. The molecule has 0 saturated heterocycles. The predicted molar refractivity (Wildman–Crippen MR) is 53.6 cm³/mol. The highest BCUT2D eigenvalue weighted by Crippen LogP contribution is 2.36. The van der Waals surface area contributed by atoms with Gasteiger partial charge < -0.3 is 4.74 Å². The highest BCUT2D eigenvalue weighted by atomic mass is 35.5. The molecule has 0 aliphatic rings. The smallest absolute Gasteiger partial charge is 0.417 e. The molecule has 92 valence electrons. The second kappa shape index (κ2) is 4.75. The third kappa shape index (κ3) is 2.76. The van der Waals surface area contributed by atoms with Gasteiger partial charge in [-0.15, -0.1) is 0 Å². The van der Waals surface area contributed by atoms with Crippen molar-refractivity contribution in [3.8, 4) is 5.75 Å². The minimum Gasteiger partial charge on any atom is -0.497 e. The second-order valence-corrected chi connectivity index (χ2v) is 3.37. The van der Waals surface area contributed by atoms with Gasteiger partial charge in [-0.2, -0.15) is 13.2 Å². The number of alkyl halides is 3. The molecule has 0 aliphatic carbocycles. The van der Waals surface area contributed by atoms with E-state index in [0.29, 0.717) is 6.07 Å². The molecule has 0 N–H and O–H groups in total. The lowest BCUT2D eigenvalue weighted by molar-refractivity contribution is -0.137. The summed E-state index contributed by atoms with van der Waals surface area (Å²) in [5.41, 5.74) is -2.58. The number of ether oxygens (including phenoxy) is 1. The Morgan fingerprint density at radius 3 is 2.35 bits per heavy atom. The number of hydrogen-bond acceptors (Lipinski definition) is 3. The van der Waals surface area contributed by atoms with E-state index in [1.165, 1.54) is 0 Å². The molecule has 0 heterocycles. The van der Waals surface area contributed by atoms with E-state index >= 15 is 0 Å². The van der Waals surface area contributed by atoms with Crippen LogP contribution in [0.4, 0.5) is 13.2 Å². The molecule has 0 aliphatic heterocycles. The van der Waals surface area contributed by atoms with Gasteiger partial charge in [0.1, 0.15) is 5.75 Å². The Bertz CT molecular complexity index is 469. The Hall–Kier alpha value is -1.56. The largest absolute Gasteiger partial charge is 0.497 e. The monoisotopic (exact) mass is 266 g/mol. The Morgan fingerprint density at radius 1 is 1.41 bits per heavy atom. The van der Waals surface area contributed by atoms with Gasteiger partial charge in [0, 0.05) is 11.1 Å². The summed E-state index contributed by atoms with van der Waals surface area (Å²) < 4.78 is 42.5. The zero-order chi connectivity index (χ0) is 13.2. The molecule has 0 fully saturated rings. The third-order valence-corrected chi connectivity index (χ3v) is 2.23. The van der Waals surface area contributed by atoms with Crippen LogP contribution in [0.5, 0.6) is 5.75 Å². The maximum absolute atomic E-state index is 12.6. The summed E-state index contributed by atoms with van der Waals surface area (Å²) in [6.45, 7) is 0. The van der Waals surface area contributed by atoms with E-state index in [1.54, 1.807) is 0 Å². The first-order valence-electron chi connectivity index (χ1n) is 4.25. The molecule has 0 unspecified atom stereocenters. The molecule has 1 rings (SSSR count). The van der Waals surface area contributed by atoms with Crippen LogP contribution in [0, 0.1) is 0 Å². The van der Waals surface area contributed by atoms with Gasteiger partial charge in [-0.25, -0.2) is 0 Å². The molecule has 0 bridgehead atoms. The summed E-state index contributed by atoms with van der Waals surface area (Å²) in [7, 11) is 1.14. The maximum atomic E-state index is 12.6. The Labute approximate surface area is 99.1 Å². The molecule has 17 heavy (non-hydrogen) atoms. The van der Waals surface area contributed by atoms with Gasteiger partial charge in [-0.3, -0.25) is 9.59 Å². The van der Waals surface area contributed by atoms with Crippen LogP contribution in [0.15, 0.2) is 12.1 Å². The van der Waals surface area contributed by atoms with Gasteiger partial charge >= 0.3 is 6.18 Å². The van der Waals surface area contributed by atoms with Crippen molar-refractivity contribution in [2.45, 2.75) is 6.18 Å². The Balaban J connectivity index is 3.62. The Morgan fingerprint density at radius 2 is 2.00 bits per heavy atom. The van der Waals surface area contributed by atoms with E-state index < -0.39 is 28.1 Å². The molecule has 3 nitrogen and oxygen atoms in total. The van der Waals surface area contributed by atoms with Crippen LogP contribution in [-0.2, 0) is 6.18 Å². The standard InChI is InChI=1S/C10H6ClF3O3/c1-17-5-2-6(9(11)16)7(4-15)8(3-5)10(12,13)14/h2-4H,1H3. The maximum Gasteiger partial charge on any atom is 0.417 e. The molecule has 0 aromatic heterocycles. The van der Waals surface area contributed by atoms with Gasteiger partial charge in [0.25, 0.3) is 5.24 Å². The minimum absolute atomic E-state index is 0.0577.